The SMILES string of the molecule is COc1ncc(-c2ccn3nc(N)nc3c2)cc1C(N)=O. The minimum atomic E-state index is -0.603. The van der Waals surface area contributed by atoms with Crippen molar-refractivity contribution in [3.05, 3.63) is 36.2 Å². The third-order valence-corrected chi connectivity index (χ3v) is 3.00. The third-order valence-electron chi connectivity index (χ3n) is 3.00. The number of anilines is 1. The second kappa shape index (κ2) is 4.75. The number of hydrogen-bond acceptors (Lipinski definition) is 6. The fraction of sp³-hybridized carbons (Fsp3) is 0.0769. The van der Waals surface area contributed by atoms with Crippen LogP contribution in [0.4, 0.5) is 5.95 Å². The Bertz CT molecular complexity index is 842. The summed E-state index contributed by atoms with van der Waals surface area (Å²) in [5.41, 5.74) is 13.2. The van der Waals surface area contributed by atoms with E-state index in [0.717, 1.165) is 5.56 Å². The van der Waals surface area contributed by atoms with Crippen molar-refractivity contribution < 1.29 is 9.53 Å². The molecule has 0 aliphatic rings. The largest absolute Gasteiger partial charge is 0.480 e. The Morgan fingerprint density at radius 1 is 1.33 bits per heavy atom. The van der Waals surface area contributed by atoms with Gasteiger partial charge in [0.15, 0.2) is 5.65 Å². The van der Waals surface area contributed by atoms with Crippen LogP contribution in [0.1, 0.15) is 10.4 Å². The van der Waals surface area contributed by atoms with Gasteiger partial charge in [0.1, 0.15) is 5.56 Å². The third kappa shape index (κ3) is 2.22. The van der Waals surface area contributed by atoms with Crippen molar-refractivity contribution in [2.45, 2.75) is 0 Å². The Morgan fingerprint density at radius 2 is 2.14 bits per heavy atom. The van der Waals surface area contributed by atoms with Gasteiger partial charge in [0.05, 0.1) is 7.11 Å². The number of ether oxygens (including phenoxy) is 1. The van der Waals surface area contributed by atoms with Crippen molar-refractivity contribution in [2.24, 2.45) is 5.73 Å². The lowest BCUT2D eigenvalue weighted by Gasteiger charge is -2.07. The number of carbonyl (C=O) groups is 1. The number of rotatable bonds is 3. The zero-order valence-corrected chi connectivity index (χ0v) is 11.1. The molecule has 3 rings (SSSR count). The smallest absolute Gasteiger partial charge is 0.254 e. The van der Waals surface area contributed by atoms with Crippen LogP contribution in [0.2, 0.25) is 0 Å². The molecule has 8 heteroatoms. The fourth-order valence-corrected chi connectivity index (χ4v) is 2.03. The number of amides is 1. The standard InChI is InChI=1S/C13H12N6O2/c1-21-12-9(11(14)20)4-8(6-16-12)7-2-3-19-10(5-7)17-13(15)18-19/h2-6H,1H3,(H2,14,20)(H2,15,18). The molecule has 0 saturated heterocycles. The molecule has 3 aromatic rings. The van der Waals surface area contributed by atoms with Crippen LogP contribution in [-0.4, -0.2) is 32.6 Å². The average molecular weight is 284 g/mol. The molecular weight excluding hydrogens is 272 g/mol. The maximum atomic E-state index is 11.4. The lowest BCUT2D eigenvalue weighted by molar-refractivity contribution is 0.0996. The normalized spacial score (nSPS) is 10.7. The summed E-state index contributed by atoms with van der Waals surface area (Å²) < 4.78 is 6.58. The highest BCUT2D eigenvalue weighted by atomic mass is 16.5. The number of hydrogen-bond donors (Lipinski definition) is 2. The zero-order valence-electron chi connectivity index (χ0n) is 11.1. The number of carbonyl (C=O) groups excluding carboxylic acids is 1. The van der Waals surface area contributed by atoms with E-state index in [9.17, 15) is 4.79 Å². The first-order chi connectivity index (χ1) is 10.1. The quantitative estimate of drug-likeness (QED) is 0.721. The monoisotopic (exact) mass is 284 g/mol. The van der Waals surface area contributed by atoms with E-state index < -0.39 is 5.91 Å². The second-order valence-electron chi connectivity index (χ2n) is 4.33. The van der Waals surface area contributed by atoms with Crippen molar-refractivity contribution in [2.75, 3.05) is 12.8 Å². The van der Waals surface area contributed by atoms with Crippen LogP contribution >= 0.6 is 0 Å². The Hall–Kier alpha value is -3.16. The molecule has 0 aliphatic carbocycles. The van der Waals surface area contributed by atoms with Gasteiger partial charge in [0.25, 0.3) is 5.91 Å². The first-order valence-electron chi connectivity index (χ1n) is 6.04. The Morgan fingerprint density at radius 3 is 2.86 bits per heavy atom. The van der Waals surface area contributed by atoms with E-state index in [4.69, 9.17) is 16.2 Å². The number of aromatic nitrogens is 4. The van der Waals surface area contributed by atoms with E-state index >= 15 is 0 Å². The molecule has 0 bridgehead atoms. The number of pyridine rings is 2. The molecule has 1 amide bonds. The van der Waals surface area contributed by atoms with Crippen LogP contribution in [0.5, 0.6) is 5.88 Å². The van der Waals surface area contributed by atoms with Crippen LogP contribution in [-0.2, 0) is 0 Å². The number of nitrogens with zero attached hydrogens (tertiary/aromatic N) is 4. The number of primary amides is 1. The summed E-state index contributed by atoms with van der Waals surface area (Å²) in [6, 6.07) is 5.23. The minimum absolute atomic E-state index is 0.192. The summed E-state index contributed by atoms with van der Waals surface area (Å²) >= 11 is 0. The highest BCUT2D eigenvalue weighted by molar-refractivity contribution is 5.96. The minimum Gasteiger partial charge on any atom is -0.480 e. The molecule has 106 valence electrons. The van der Waals surface area contributed by atoms with Crippen LogP contribution in [0.25, 0.3) is 16.8 Å². The van der Waals surface area contributed by atoms with E-state index in [1.807, 2.05) is 6.07 Å². The van der Waals surface area contributed by atoms with Gasteiger partial charge in [-0.15, -0.1) is 5.10 Å². The first kappa shape index (κ1) is 12.9. The maximum Gasteiger partial charge on any atom is 0.254 e. The van der Waals surface area contributed by atoms with E-state index in [0.29, 0.717) is 11.2 Å². The number of fused-ring (bicyclic) bond motifs is 1. The Kier molecular flexibility index (Phi) is 2.90. The van der Waals surface area contributed by atoms with Gasteiger partial charge in [-0.3, -0.25) is 4.79 Å². The summed E-state index contributed by atoms with van der Waals surface area (Å²) in [6.07, 6.45) is 3.32. The molecule has 0 aromatic carbocycles. The molecule has 0 aliphatic heterocycles. The van der Waals surface area contributed by atoms with Gasteiger partial charge in [-0.2, -0.15) is 4.98 Å². The summed E-state index contributed by atoms with van der Waals surface area (Å²) in [7, 11) is 1.43. The van der Waals surface area contributed by atoms with Gasteiger partial charge in [0, 0.05) is 18.0 Å². The maximum absolute atomic E-state index is 11.4. The van der Waals surface area contributed by atoms with Gasteiger partial charge < -0.3 is 16.2 Å². The summed E-state index contributed by atoms with van der Waals surface area (Å²) in [5, 5.41) is 3.99. The van der Waals surface area contributed by atoms with E-state index in [1.165, 1.54) is 7.11 Å². The Balaban J connectivity index is 2.13. The van der Waals surface area contributed by atoms with Crippen LogP contribution in [0.3, 0.4) is 0 Å². The van der Waals surface area contributed by atoms with E-state index in [2.05, 4.69) is 15.1 Å². The predicted molar refractivity (Wildman–Crippen MR) is 75.7 cm³/mol. The Labute approximate surface area is 119 Å². The molecule has 4 N–H and O–H groups in total. The molecule has 0 radical (unpaired) electrons. The first-order valence-corrected chi connectivity index (χ1v) is 6.04. The molecule has 3 aromatic heterocycles. The van der Waals surface area contributed by atoms with Crippen LogP contribution in [0.15, 0.2) is 30.6 Å². The molecule has 0 unspecified atom stereocenters. The van der Waals surface area contributed by atoms with E-state index in [-0.39, 0.29) is 17.4 Å². The molecule has 0 spiro atoms. The van der Waals surface area contributed by atoms with E-state index in [1.54, 1.807) is 29.0 Å². The molecular formula is C13H12N6O2. The molecule has 0 saturated carbocycles. The molecule has 8 nitrogen and oxygen atoms in total. The zero-order chi connectivity index (χ0) is 15.0. The number of methoxy groups -OCH3 is 1. The predicted octanol–water partition coefficient (Wildman–Crippen LogP) is 0.481. The van der Waals surface area contributed by atoms with Crippen molar-refractivity contribution >= 4 is 17.5 Å². The fourth-order valence-electron chi connectivity index (χ4n) is 2.03. The van der Waals surface area contributed by atoms with Gasteiger partial charge in [-0.1, -0.05) is 0 Å². The second-order valence-corrected chi connectivity index (χ2v) is 4.33. The van der Waals surface area contributed by atoms with Gasteiger partial charge in [0.2, 0.25) is 11.8 Å². The van der Waals surface area contributed by atoms with Gasteiger partial charge >= 0.3 is 0 Å². The van der Waals surface area contributed by atoms with Crippen molar-refractivity contribution in [1.82, 2.24) is 19.6 Å². The summed E-state index contributed by atoms with van der Waals surface area (Å²) in [5.74, 6) is -0.217. The average Bonchev–Trinajstić information content (AvgIpc) is 2.85. The van der Waals surface area contributed by atoms with Crippen LogP contribution < -0.4 is 16.2 Å². The van der Waals surface area contributed by atoms with Gasteiger partial charge in [-0.25, -0.2) is 9.50 Å². The highest BCUT2D eigenvalue weighted by Gasteiger charge is 2.13. The van der Waals surface area contributed by atoms with Gasteiger partial charge in [-0.05, 0) is 23.8 Å². The van der Waals surface area contributed by atoms with Crippen molar-refractivity contribution in [1.29, 1.82) is 0 Å². The van der Waals surface area contributed by atoms with Crippen molar-refractivity contribution in [3.8, 4) is 17.0 Å². The molecule has 3 heterocycles. The van der Waals surface area contributed by atoms with Crippen LogP contribution in [0, 0.1) is 0 Å². The molecule has 0 atom stereocenters. The lowest BCUT2D eigenvalue weighted by atomic mass is 10.1. The lowest BCUT2D eigenvalue weighted by Crippen LogP contribution is -2.13. The topological polar surface area (TPSA) is 121 Å². The van der Waals surface area contributed by atoms with Crippen molar-refractivity contribution in [3.63, 3.8) is 0 Å². The molecule has 0 fully saturated rings. The molecule has 21 heavy (non-hydrogen) atoms. The number of nitrogen functional groups attached to an aromatic ring is 1. The number of nitrogens with two attached hydrogens (primary N) is 2. The highest BCUT2D eigenvalue weighted by Crippen LogP contribution is 2.24. The summed E-state index contributed by atoms with van der Waals surface area (Å²) in [6.45, 7) is 0. The summed E-state index contributed by atoms with van der Waals surface area (Å²) in [4.78, 5) is 19.6.